The van der Waals surface area contributed by atoms with Crippen molar-refractivity contribution < 1.29 is 4.74 Å². The topological polar surface area (TPSA) is 9.23 Å². The molecule has 0 spiro atoms. The summed E-state index contributed by atoms with van der Waals surface area (Å²) < 4.78 is 5.99. The van der Waals surface area contributed by atoms with Crippen LogP contribution < -0.4 is 4.74 Å². The Kier molecular flexibility index (Phi) is 4.27. The van der Waals surface area contributed by atoms with Crippen LogP contribution in [0.15, 0.2) is 48.5 Å². The van der Waals surface area contributed by atoms with Crippen LogP contribution in [0.1, 0.15) is 35.4 Å². The van der Waals surface area contributed by atoms with Crippen LogP contribution in [0, 0.1) is 0 Å². The lowest BCUT2D eigenvalue weighted by molar-refractivity contribution is 0.274. The van der Waals surface area contributed by atoms with Gasteiger partial charge < -0.3 is 4.74 Å². The lowest BCUT2D eigenvalue weighted by Gasteiger charge is -2.25. The van der Waals surface area contributed by atoms with Crippen LogP contribution in [-0.4, -0.2) is 6.61 Å². The van der Waals surface area contributed by atoms with Crippen LogP contribution in [0.2, 0.25) is 0 Å². The smallest absolute Gasteiger partial charge is 0.119 e. The molecule has 0 bridgehead atoms. The number of hydrogen-bond donors (Lipinski definition) is 0. The molecule has 0 N–H and O–H groups in total. The minimum absolute atomic E-state index is 0.514. The van der Waals surface area contributed by atoms with Gasteiger partial charge in [0.15, 0.2) is 0 Å². The average Bonchev–Trinajstić information content (AvgIpc) is 2.53. The van der Waals surface area contributed by atoms with Crippen LogP contribution in [0.5, 0.6) is 5.75 Å². The first-order chi connectivity index (χ1) is 9.86. The van der Waals surface area contributed by atoms with Crippen LogP contribution in [0.25, 0.3) is 0 Å². The van der Waals surface area contributed by atoms with Gasteiger partial charge in [0.25, 0.3) is 0 Å². The summed E-state index contributed by atoms with van der Waals surface area (Å²) >= 11 is 5.86. The fourth-order valence-corrected chi connectivity index (χ4v) is 3.11. The molecule has 0 radical (unpaired) electrons. The molecule has 0 saturated carbocycles. The predicted octanol–water partition coefficient (Wildman–Crippen LogP) is 4.92. The van der Waals surface area contributed by atoms with Gasteiger partial charge in [0.2, 0.25) is 0 Å². The first kappa shape index (κ1) is 13.5. The largest absolute Gasteiger partial charge is 0.493 e. The average molecular weight is 287 g/mol. The third kappa shape index (κ3) is 2.99. The van der Waals surface area contributed by atoms with Gasteiger partial charge >= 0.3 is 0 Å². The third-order valence-corrected chi connectivity index (χ3v) is 4.31. The molecule has 0 aliphatic heterocycles. The second kappa shape index (κ2) is 6.32. The van der Waals surface area contributed by atoms with E-state index in [9.17, 15) is 0 Å². The van der Waals surface area contributed by atoms with Crippen LogP contribution in [0.3, 0.4) is 0 Å². The highest BCUT2D eigenvalue weighted by Gasteiger charge is 2.20. The van der Waals surface area contributed by atoms with Gasteiger partial charge in [0.1, 0.15) is 5.75 Å². The standard InChI is InChI=1S/C18H19ClO/c19-12-14-5-3-9-17(11-14)20-13-16-8-4-7-15-6-1-2-10-18(15)16/h1-3,5-6,9-11,16H,4,7-8,12-13H2. The lowest BCUT2D eigenvalue weighted by atomic mass is 9.83. The monoisotopic (exact) mass is 286 g/mol. The molecule has 1 aliphatic rings. The SMILES string of the molecule is ClCc1cccc(OCC2CCCc3ccccc32)c1. The molecule has 104 valence electrons. The second-order valence-corrected chi connectivity index (χ2v) is 5.65. The molecule has 1 atom stereocenters. The summed E-state index contributed by atoms with van der Waals surface area (Å²) in [6, 6.07) is 16.8. The molecule has 0 fully saturated rings. The van der Waals surface area contributed by atoms with Crippen molar-refractivity contribution in [3.63, 3.8) is 0 Å². The molecular weight excluding hydrogens is 268 g/mol. The van der Waals surface area contributed by atoms with Crippen molar-refractivity contribution in [1.29, 1.82) is 0 Å². The Morgan fingerprint density at radius 3 is 2.90 bits per heavy atom. The molecule has 1 unspecified atom stereocenters. The Morgan fingerprint density at radius 1 is 1.10 bits per heavy atom. The van der Waals surface area contributed by atoms with E-state index in [1.807, 2.05) is 24.3 Å². The number of halogens is 1. The summed E-state index contributed by atoms with van der Waals surface area (Å²) in [5.41, 5.74) is 4.06. The van der Waals surface area contributed by atoms with Gasteiger partial charge in [-0.15, -0.1) is 11.6 Å². The van der Waals surface area contributed by atoms with E-state index in [4.69, 9.17) is 16.3 Å². The maximum Gasteiger partial charge on any atom is 0.119 e. The molecule has 0 saturated heterocycles. The first-order valence-corrected chi connectivity index (χ1v) is 7.76. The van der Waals surface area contributed by atoms with E-state index >= 15 is 0 Å². The summed E-state index contributed by atoms with van der Waals surface area (Å²) in [5, 5.41) is 0. The number of aryl methyl sites for hydroxylation is 1. The minimum atomic E-state index is 0.514. The molecule has 3 rings (SSSR count). The van der Waals surface area contributed by atoms with Gasteiger partial charge in [-0.3, -0.25) is 0 Å². The van der Waals surface area contributed by atoms with Crippen molar-refractivity contribution in [2.75, 3.05) is 6.61 Å². The number of ether oxygens (including phenoxy) is 1. The Labute approximate surface area is 125 Å². The molecule has 2 heteroatoms. The van der Waals surface area contributed by atoms with Gasteiger partial charge in [-0.1, -0.05) is 36.4 Å². The highest BCUT2D eigenvalue weighted by atomic mass is 35.5. The van der Waals surface area contributed by atoms with E-state index in [0.717, 1.165) is 17.9 Å². The molecule has 1 aliphatic carbocycles. The van der Waals surface area contributed by atoms with Crippen LogP contribution >= 0.6 is 11.6 Å². The molecule has 2 aromatic carbocycles. The van der Waals surface area contributed by atoms with E-state index in [1.165, 1.54) is 30.4 Å². The number of rotatable bonds is 4. The minimum Gasteiger partial charge on any atom is -0.493 e. The van der Waals surface area contributed by atoms with E-state index in [-0.39, 0.29) is 0 Å². The highest BCUT2D eigenvalue weighted by molar-refractivity contribution is 6.17. The summed E-state index contributed by atoms with van der Waals surface area (Å²) in [5.74, 6) is 1.97. The van der Waals surface area contributed by atoms with Crippen molar-refractivity contribution in [2.45, 2.75) is 31.1 Å². The molecular formula is C18H19ClO. The maximum atomic E-state index is 5.99. The summed E-state index contributed by atoms with van der Waals surface area (Å²) in [7, 11) is 0. The second-order valence-electron chi connectivity index (χ2n) is 5.38. The van der Waals surface area contributed by atoms with Crippen molar-refractivity contribution in [2.24, 2.45) is 0 Å². The van der Waals surface area contributed by atoms with Crippen LogP contribution in [-0.2, 0) is 12.3 Å². The molecule has 2 aromatic rings. The zero-order valence-corrected chi connectivity index (χ0v) is 12.3. The van der Waals surface area contributed by atoms with Crippen molar-refractivity contribution >= 4 is 11.6 Å². The lowest BCUT2D eigenvalue weighted by Crippen LogP contribution is -2.16. The fourth-order valence-electron chi connectivity index (χ4n) is 2.94. The van der Waals surface area contributed by atoms with E-state index in [0.29, 0.717) is 11.8 Å². The molecule has 0 heterocycles. The van der Waals surface area contributed by atoms with Crippen molar-refractivity contribution in [1.82, 2.24) is 0 Å². The molecule has 0 amide bonds. The van der Waals surface area contributed by atoms with Gasteiger partial charge in [-0.05, 0) is 48.1 Å². The van der Waals surface area contributed by atoms with Gasteiger partial charge in [-0.2, -0.15) is 0 Å². The third-order valence-electron chi connectivity index (χ3n) is 4.00. The summed E-state index contributed by atoms with van der Waals surface area (Å²) in [6.45, 7) is 0.753. The van der Waals surface area contributed by atoms with Crippen molar-refractivity contribution in [3.05, 3.63) is 65.2 Å². The first-order valence-electron chi connectivity index (χ1n) is 7.22. The predicted molar refractivity (Wildman–Crippen MR) is 83.6 cm³/mol. The zero-order valence-electron chi connectivity index (χ0n) is 11.5. The quantitative estimate of drug-likeness (QED) is 0.725. The van der Waals surface area contributed by atoms with Crippen LogP contribution in [0.4, 0.5) is 0 Å². The Hall–Kier alpha value is -1.47. The summed E-state index contributed by atoms with van der Waals surface area (Å²) in [4.78, 5) is 0. The number of hydrogen-bond acceptors (Lipinski definition) is 1. The van der Waals surface area contributed by atoms with E-state index < -0.39 is 0 Å². The number of fused-ring (bicyclic) bond motifs is 1. The number of benzene rings is 2. The fraction of sp³-hybridized carbons (Fsp3) is 0.333. The molecule has 1 nitrogen and oxygen atoms in total. The van der Waals surface area contributed by atoms with E-state index in [2.05, 4.69) is 24.3 Å². The maximum absolute atomic E-state index is 5.99. The molecule has 20 heavy (non-hydrogen) atoms. The Balaban J connectivity index is 1.70. The van der Waals surface area contributed by atoms with E-state index in [1.54, 1.807) is 0 Å². The van der Waals surface area contributed by atoms with Gasteiger partial charge in [-0.25, -0.2) is 0 Å². The van der Waals surface area contributed by atoms with Gasteiger partial charge in [0, 0.05) is 11.8 Å². The number of alkyl halides is 1. The Bertz CT molecular complexity index is 579. The molecule has 0 aromatic heterocycles. The zero-order chi connectivity index (χ0) is 13.8. The van der Waals surface area contributed by atoms with Gasteiger partial charge in [0.05, 0.1) is 6.61 Å². The summed E-state index contributed by atoms with van der Waals surface area (Å²) in [6.07, 6.45) is 3.67. The van der Waals surface area contributed by atoms with Crippen molar-refractivity contribution in [3.8, 4) is 5.75 Å². The Morgan fingerprint density at radius 2 is 2.00 bits per heavy atom. The highest BCUT2D eigenvalue weighted by Crippen LogP contribution is 2.32. The normalized spacial score (nSPS) is 17.6.